The molecule has 1 aliphatic heterocycles. The van der Waals surface area contributed by atoms with Crippen LogP contribution in [0.1, 0.15) is 41.2 Å². The van der Waals surface area contributed by atoms with E-state index in [9.17, 15) is 4.79 Å². The van der Waals surface area contributed by atoms with Gasteiger partial charge >= 0.3 is 0 Å². The van der Waals surface area contributed by atoms with Crippen LogP contribution in [0, 0.1) is 0 Å². The third-order valence-electron chi connectivity index (χ3n) is 4.54. The number of rotatable bonds is 4. The van der Waals surface area contributed by atoms with Gasteiger partial charge < -0.3 is 14.8 Å². The standard InChI is InChI=1S/C16H18N6O2/c1-21-11-6-3-2-5-10(11)18-13(21)9-22-8-4-7-12(22)16-19-15(14(17)23)20-24-16/h2-3,5-6,12H,4,7-9H2,1H3,(H2,17,23)/t12-/m1/s1. The highest BCUT2D eigenvalue weighted by Gasteiger charge is 2.32. The van der Waals surface area contributed by atoms with Crippen molar-refractivity contribution < 1.29 is 9.32 Å². The van der Waals surface area contributed by atoms with E-state index in [0.717, 1.165) is 36.2 Å². The molecular formula is C16H18N6O2. The minimum atomic E-state index is -0.676. The van der Waals surface area contributed by atoms with Gasteiger partial charge in [-0.15, -0.1) is 0 Å². The molecule has 1 amide bonds. The van der Waals surface area contributed by atoms with E-state index in [2.05, 4.69) is 25.7 Å². The Morgan fingerprint density at radius 2 is 2.21 bits per heavy atom. The summed E-state index contributed by atoms with van der Waals surface area (Å²) in [5.41, 5.74) is 7.29. The van der Waals surface area contributed by atoms with Gasteiger partial charge in [0.1, 0.15) is 5.82 Å². The fourth-order valence-electron chi connectivity index (χ4n) is 3.28. The molecule has 1 fully saturated rings. The summed E-state index contributed by atoms with van der Waals surface area (Å²) in [5, 5.41) is 3.65. The van der Waals surface area contributed by atoms with Gasteiger partial charge in [0, 0.05) is 7.05 Å². The molecule has 1 atom stereocenters. The van der Waals surface area contributed by atoms with Crippen LogP contribution in [0.2, 0.25) is 0 Å². The first-order valence-electron chi connectivity index (χ1n) is 7.91. The molecule has 0 aliphatic carbocycles. The number of aryl methyl sites for hydroxylation is 1. The van der Waals surface area contributed by atoms with Gasteiger partial charge in [-0.25, -0.2) is 4.98 Å². The number of hydrogen-bond acceptors (Lipinski definition) is 6. The molecule has 8 nitrogen and oxygen atoms in total. The molecule has 2 aromatic heterocycles. The zero-order valence-electron chi connectivity index (χ0n) is 13.3. The summed E-state index contributed by atoms with van der Waals surface area (Å²) in [6, 6.07) is 8.06. The number of nitrogens with zero attached hydrogens (tertiary/aromatic N) is 5. The number of amides is 1. The highest BCUT2D eigenvalue weighted by atomic mass is 16.5. The normalized spacial score (nSPS) is 18.5. The molecule has 0 unspecified atom stereocenters. The van der Waals surface area contributed by atoms with Crippen molar-refractivity contribution in [3.63, 3.8) is 0 Å². The number of benzene rings is 1. The third-order valence-corrected chi connectivity index (χ3v) is 4.54. The van der Waals surface area contributed by atoms with Gasteiger partial charge in [0.15, 0.2) is 0 Å². The molecule has 1 aliphatic rings. The second-order valence-electron chi connectivity index (χ2n) is 6.02. The largest absolute Gasteiger partial charge is 0.363 e. The van der Waals surface area contributed by atoms with Gasteiger partial charge in [-0.3, -0.25) is 9.69 Å². The number of imidazole rings is 1. The molecule has 3 aromatic rings. The van der Waals surface area contributed by atoms with Crippen LogP contribution in [0.3, 0.4) is 0 Å². The summed E-state index contributed by atoms with van der Waals surface area (Å²) < 4.78 is 7.34. The summed E-state index contributed by atoms with van der Waals surface area (Å²) >= 11 is 0. The lowest BCUT2D eigenvalue weighted by molar-refractivity contribution is 0.0987. The van der Waals surface area contributed by atoms with Crippen LogP contribution in [-0.2, 0) is 13.6 Å². The molecule has 0 spiro atoms. The number of primary amides is 1. The van der Waals surface area contributed by atoms with Crippen molar-refractivity contribution in [1.82, 2.24) is 24.6 Å². The van der Waals surface area contributed by atoms with Crippen LogP contribution in [0.15, 0.2) is 28.8 Å². The van der Waals surface area contributed by atoms with E-state index >= 15 is 0 Å². The van der Waals surface area contributed by atoms with E-state index in [4.69, 9.17) is 15.2 Å². The Hall–Kier alpha value is -2.74. The molecule has 24 heavy (non-hydrogen) atoms. The summed E-state index contributed by atoms with van der Waals surface area (Å²) in [4.78, 5) is 22.3. The third kappa shape index (κ3) is 2.44. The second kappa shape index (κ2) is 5.72. The molecule has 8 heteroatoms. The summed E-state index contributed by atoms with van der Waals surface area (Å²) in [6.45, 7) is 1.60. The van der Waals surface area contributed by atoms with Gasteiger partial charge in [0.05, 0.1) is 23.6 Å². The van der Waals surface area contributed by atoms with E-state index in [1.807, 2.05) is 25.2 Å². The van der Waals surface area contributed by atoms with Crippen molar-refractivity contribution in [2.24, 2.45) is 12.8 Å². The topological polar surface area (TPSA) is 103 Å². The number of para-hydroxylation sites is 2. The van der Waals surface area contributed by atoms with Crippen LogP contribution in [0.25, 0.3) is 11.0 Å². The number of carbonyl (C=O) groups excluding carboxylic acids is 1. The van der Waals surface area contributed by atoms with Crippen LogP contribution in [-0.4, -0.2) is 37.0 Å². The van der Waals surface area contributed by atoms with Crippen molar-refractivity contribution in [2.75, 3.05) is 6.54 Å². The molecular weight excluding hydrogens is 308 g/mol. The van der Waals surface area contributed by atoms with Crippen LogP contribution >= 0.6 is 0 Å². The molecule has 0 bridgehead atoms. The maximum Gasteiger partial charge on any atom is 0.290 e. The molecule has 1 saturated heterocycles. The van der Waals surface area contributed by atoms with Crippen LogP contribution < -0.4 is 5.73 Å². The fraction of sp³-hybridized carbons (Fsp3) is 0.375. The Labute approximate surface area is 138 Å². The number of aromatic nitrogens is 4. The van der Waals surface area contributed by atoms with Crippen LogP contribution in [0.5, 0.6) is 0 Å². The molecule has 124 valence electrons. The summed E-state index contributed by atoms with van der Waals surface area (Å²) in [7, 11) is 2.02. The van der Waals surface area contributed by atoms with Gasteiger partial charge in [0.2, 0.25) is 5.89 Å². The molecule has 0 radical (unpaired) electrons. The average Bonchev–Trinajstić information content (AvgIpc) is 3.28. The van der Waals surface area contributed by atoms with Crippen molar-refractivity contribution in [3.05, 3.63) is 41.8 Å². The van der Waals surface area contributed by atoms with Crippen LogP contribution in [0.4, 0.5) is 0 Å². The molecule has 4 rings (SSSR count). The number of fused-ring (bicyclic) bond motifs is 1. The van der Waals surface area contributed by atoms with Crippen molar-refractivity contribution in [1.29, 1.82) is 0 Å². The summed E-state index contributed by atoms with van der Waals surface area (Å²) in [6.07, 6.45) is 1.94. The Morgan fingerprint density at radius 1 is 1.38 bits per heavy atom. The minimum absolute atomic E-state index is 0.00888. The number of hydrogen-bond donors (Lipinski definition) is 1. The molecule has 3 heterocycles. The monoisotopic (exact) mass is 326 g/mol. The van der Waals surface area contributed by atoms with Gasteiger partial charge in [-0.2, -0.15) is 4.98 Å². The molecule has 2 N–H and O–H groups in total. The molecule has 1 aromatic carbocycles. The minimum Gasteiger partial charge on any atom is -0.363 e. The highest BCUT2D eigenvalue weighted by Crippen LogP contribution is 2.32. The second-order valence-corrected chi connectivity index (χ2v) is 6.02. The smallest absolute Gasteiger partial charge is 0.290 e. The Kier molecular flexibility index (Phi) is 3.53. The first kappa shape index (κ1) is 14.8. The predicted molar refractivity (Wildman–Crippen MR) is 85.9 cm³/mol. The maximum atomic E-state index is 11.2. The zero-order valence-corrected chi connectivity index (χ0v) is 13.3. The molecule has 0 saturated carbocycles. The van der Waals surface area contributed by atoms with E-state index in [-0.39, 0.29) is 11.9 Å². The lowest BCUT2D eigenvalue weighted by Gasteiger charge is -2.20. The van der Waals surface area contributed by atoms with Gasteiger partial charge in [0.25, 0.3) is 11.7 Å². The quantitative estimate of drug-likeness (QED) is 0.777. The Balaban J connectivity index is 1.60. The Morgan fingerprint density at radius 3 is 2.96 bits per heavy atom. The van der Waals surface area contributed by atoms with E-state index < -0.39 is 5.91 Å². The van der Waals surface area contributed by atoms with Crippen molar-refractivity contribution >= 4 is 16.9 Å². The number of nitrogens with two attached hydrogens (primary N) is 1. The highest BCUT2D eigenvalue weighted by molar-refractivity contribution is 5.88. The number of likely N-dealkylation sites (tertiary alicyclic amines) is 1. The summed E-state index contributed by atoms with van der Waals surface area (Å²) in [5.74, 6) is 0.683. The lowest BCUT2D eigenvalue weighted by Crippen LogP contribution is -2.25. The van der Waals surface area contributed by atoms with Crippen molar-refractivity contribution in [2.45, 2.75) is 25.4 Å². The lowest BCUT2D eigenvalue weighted by atomic mass is 10.2. The maximum absolute atomic E-state index is 11.2. The average molecular weight is 326 g/mol. The number of carbonyl (C=O) groups is 1. The first-order chi connectivity index (χ1) is 11.6. The Bertz CT molecular complexity index is 899. The predicted octanol–water partition coefficient (Wildman–Crippen LogP) is 1.39. The zero-order chi connectivity index (χ0) is 16.7. The van der Waals surface area contributed by atoms with E-state index in [1.165, 1.54) is 0 Å². The fourth-order valence-corrected chi connectivity index (χ4v) is 3.28. The van der Waals surface area contributed by atoms with Crippen molar-refractivity contribution in [3.8, 4) is 0 Å². The van der Waals surface area contributed by atoms with Gasteiger partial charge in [-0.1, -0.05) is 17.3 Å². The van der Waals surface area contributed by atoms with E-state index in [1.54, 1.807) is 0 Å². The SMILES string of the molecule is Cn1c(CN2CCC[C@@H]2c2nc(C(N)=O)no2)nc2ccccc21. The first-order valence-corrected chi connectivity index (χ1v) is 7.91. The van der Waals surface area contributed by atoms with Gasteiger partial charge in [-0.05, 0) is 31.5 Å². The van der Waals surface area contributed by atoms with E-state index in [0.29, 0.717) is 12.4 Å².